The van der Waals surface area contributed by atoms with Gasteiger partial charge >= 0.3 is 0 Å². The summed E-state index contributed by atoms with van der Waals surface area (Å²) < 4.78 is 30.3. The van der Waals surface area contributed by atoms with E-state index in [-0.39, 0.29) is 35.4 Å². The number of hydrogen-bond donors (Lipinski definition) is 0. The fourth-order valence-electron chi connectivity index (χ4n) is 3.69. The van der Waals surface area contributed by atoms with Gasteiger partial charge < -0.3 is 18.8 Å². The topological polar surface area (TPSA) is 69.0 Å². The molecule has 0 bridgehead atoms. The highest BCUT2D eigenvalue weighted by Crippen LogP contribution is 2.38. The van der Waals surface area contributed by atoms with Gasteiger partial charge in [0.15, 0.2) is 5.43 Å². The number of hydrogen-bond acceptors (Lipinski definition) is 5. The van der Waals surface area contributed by atoms with Crippen molar-refractivity contribution in [3.05, 3.63) is 88.0 Å². The third-order valence-electron chi connectivity index (χ3n) is 5.01. The van der Waals surface area contributed by atoms with Gasteiger partial charge in [-0.2, -0.15) is 0 Å². The number of ether oxygens (including phenoxy) is 2. The van der Waals surface area contributed by atoms with Crippen molar-refractivity contribution in [3.63, 3.8) is 0 Å². The second-order valence-electron chi connectivity index (χ2n) is 6.88. The van der Waals surface area contributed by atoms with Crippen LogP contribution in [0.4, 0.5) is 4.39 Å². The van der Waals surface area contributed by atoms with Crippen molar-refractivity contribution in [2.24, 2.45) is 0 Å². The maximum atomic E-state index is 13.8. The Kier molecular flexibility index (Phi) is 5.37. The Labute approximate surface area is 172 Å². The molecule has 0 saturated heterocycles. The van der Waals surface area contributed by atoms with E-state index >= 15 is 0 Å². The summed E-state index contributed by atoms with van der Waals surface area (Å²) in [5.41, 5.74) is 0.614. The summed E-state index contributed by atoms with van der Waals surface area (Å²) in [5, 5.41) is 0.0965. The zero-order chi connectivity index (χ0) is 21.3. The van der Waals surface area contributed by atoms with Crippen molar-refractivity contribution in [2.75, 3.05) is 26.9 Å². The van der Waals surface area contributed by atoms with Gasteiger partial charge in [-0.25, -0.2) is 4.39 Å². The van der Waals surface area contributed by atoms with Gasteiger partial charge in [0, 0.05) is 13.7 Å². The third kappa shape index (κ3) is 3.37. The van der Waals surface area contributed by atoms with Gasteiger partial charge in [0.25, 0.3) is 5.91 Å². The van der Waals surface area contributed by atoms with Crippen LogP contribution in [0.5, 0.6) is 5.75 Å². The molecule has 7 heteroatoms. The standard InChI is InChI=1S/C23H20FNO5/c1-3-10-29-16-6-4-5-14(12-16)20-19-21(26)17-13-15(24)7-8-18(17)30-22(19)23(27)25(20)9-11-28-2/h3-8,12-13,20H,1,9-11H2,2H3. The van der Waals surface area contributed by atoms with Gasteiger partial charge in [-0.1, -0.05) is 24.8 Å². The van der Waals surface area contributed by atoms with E-state index in [2.05, 4.69) is 6.58 Å². The first kappa shape index (κ1) is 19.8. The molecule has 30 heavy (non-hydrogen) atoms. The molecule has 2 aromatic carbocycles. The first-order valence-corrected chi connectivity index (χ1v) is 9.45. The van der Waals surface area contributed by atoms with Crippen molar-refractivity contribution < 1.29 is 23.1 Å². The van der Waals surface area contributed by atoms with E-state index in [0.717, 1.165) is 6.07 Å². The third-order valence-corrected chi connectivity index (χ3v) is 5.01. The minimum atomic E-state index is -0.696. The molecular formula is C23H20FNO5. The zero-order valence-electron chi connectivity index (χ0n) is 16.4. The number of benzene rings is 2. The molecule has 1 aliphatic heterocycles. The Bertz CT molecular complexity index is 1190. The maximum Gasteiger partial charge on any atom is 0.290 e. The number of carbonyl (C=O) groups excluding carboxylic acids is 1. The normalized spacial score (nSPS) is 15.5. The number of carbonyl (C=O) groups is 1. The summed E-state index contributed by atoms with van der Waals surface area (Å²) in [4.78, 5) is 28.0. The summed E-state index contributed by atoms with van der Waals surface area (Å²) in [6, 6.07) is 10.1. The number of rotatable bonds is 7. The number of methoxy groups -OCH3 is 1. The Morgan fingerprint density at radius 1 is 1.23 bits per heavy atom. The molecule has 0 aliphatic carbocycles. The van der Waals surface area contributed by atoms with E-state index in [0.29, 0.717) is 17.9 Å². The van der Waals surface area contributed by atoms with Gasteiger partial charge in [-0.15, -0.1) is 0 Å². The molecule has 1 unspecified atom stereocenters. The summed E-state index contributed by atoms with van der Waals surface area (Å²) in [7, 11) is 1.53. The van der Waals surface area contributed by atoms with Crippen LogP contribution in [0.1, 0.15) is 27.7 Å². The van der Waals surface area contributed by atoms with Crippen LogP contribution in [0.15, 0.2) is 64.3 Å². The van der Waals surface area contributed by atoms with E-state index in [1.165, 1.54) is 24.1 Å². The Morgan fingerprint density at radius 3 is 2.83 bits per heavy atom. The minimum Gasteiger partial charge on any atom is -0.490 e. The first-order valence-electron chi connectivity index (χ1n) is 9.45. The predicted molar refractivity (Wildman–Crippen MR) is 109 cm³/mol. The van der Waals surface area contributed by atoms with Gasteiger partial charge in [-0.3, -0.25) is 9.59 Å². The van der Waals surface area contributed by atoms with Gasteiger partial charge in [-0.05, 0) is 35.9 Å². The number of amides is 1. The lowest BCUT2D eigenvalue weighted by atomic mass is 9.98. The van der Waals surface area contributed by atoms with Crippen LogP contribution < -0.4 is 10.2 Å². The highest BCUT2D eigenvalue weighted by atomic mass is 19.1. The van der Waals surface area contributed by atoms with Crippen molar-refractivity contribution in [1.29, 1.82) is 0 Å². The SMILES string of the molecule is C=CCOc1cccc(C2c3c(oc4ccc(F)cc4c3=O)C(=O)N2CCOC)c1. The number of halogens is 1. The van der Waals surface area contributed by atoms with E-state index in [4.69, 9.17) is 13.9 Å². The van der Waals surface area contributed by atoms with Gasteiger partial charge in [0.05, 0.1) is 23.6 Å². The van der Waals surface area contributed by atoms with Crippen LogP contribution in [0, 0.1) is 5.82 Å². The maximum absolute atomic E-state index is 13.8. The Morgan fingerprint density at radius 2 is 2.07 bits per heavy atom. The predicted octanol–water partition coefficient (Wildman–Crippen LogP) is 3.69. The molecule has 154 valence electrons. The van der Waals surface area contributed by atoms with Crippen LogP contribution in [0.2, 0.25) is 0 Å². The first-order chi connectivity index (χ1) is 14.5. The average molecular weight is 409 g/mol. The van der Waals surface area contributed by atoms with E-state index in [1.54, 1.807) is 24.3 Å². The summed E-state index contributed by atoms with van der Waals surface area (Å²) in [6.45, 7) is 4.49. The molecule has 1 aliphatic rings. The van der Waals surface area contributed by atoms with E-state index < -0.39 is 23.2 Å². The number of nitrogens with zero attached hydrogens (tertiary/aromatic N) is 1. The van der Waals surface area contributed by atoms with Crippen LogP contribution in [-0.2, 0) is 4.74 Å². The lowest BCUT2D eigenvalue weighted by Gasteiger charge is -2.25. The summed E-state index contributed by atoms with van der Waals surface area (Å²) >= 11 is 0. The molecular weight excluding hydrogens is 389 g/mol. The van der Waals surface area contributed by atoms with Crippen LogP contribution in [0.25, 0.3) is 11.0 Å². The minimum absolute atomic E-state index is 0.0300. The lowest BCUT2D eigenvalue weighted by Crippen LogP contribution is -2.32. The van der Waals surface area contributed by atoms with E-state index in [9.17, 15) is 14.0 Å². The second kappa shape index (κ2) is 8.12. The van der Waals surface area contributed by atoms with Crippen molar-refractivity contribution in [2.45, 2.75) is 6.04 Å². The molecule has 0 spiro atoms. The highest BCUT2D eigenvalue weighted by Gasteiger charge is 2.42. The van der Waals surface area contributed by atoms with Crippen LogP contribution >= 0.6 is 0 Å². The van der Waals surface area contributed by atoms with Gasteiger partial charge in [0.2, 0.25) is 5.76 Å². The molecule has 0 N–H and O–H groups in total. The Balaban J connectivity index is 1.91. The quantitative estimate of drug-likeness (QED) is 0.557. The van der Waals surface area contributed by atoms with Crippen LogP contribution in [0.3, 0.4) is 0 Å². The summed E-state index contributed by atoms with van der Waals surface area (Å²) in [5.74, 6) is -0.409. The molecule has 2 heterocycles. The average Bonchev–Trinajstić information content (AvgIpc) is 3.03. The molecule has 0 saturated carbocycles. The van der Waals surface area contributed by atoms with Crippen molar-refractivity contribution in [3.8, 4) is 5.75 Å². The fraction of sp³-hybridized carbons (Fsp3) is 0.217. The Hall–Kier alpha value is -3.45. The second-order valence-corrected chi connectivity index (χ2v) is 6.88. The van der Waals surface area contributed by atoms with E-state index in [1.807, 2.05) is 6.07 Å². The smallest absolute Gasteiger partial charge is 0.290 e. The fourth-order valence-corrected chi connectivity index (χ4v) is 3.69. The number of fused-ring (bicyclic) bond motifs is 2. The molecule has 1 aromatic heterocycles. The molecule has 1 atom stereocenters. The van der Waals surface area contributed by atoms with Crippen LogP contribution in [-0.4, -0.2) is 37.7 Å². The van der Waals surface area contributed by atoms with Crippen molar-refractivity contribution in [1.82, 2.24) is 4.90 Å². The van der Waals surface area contributed by atoms with Crippen molar-refractivity contribution >= 4 is 16.9 Å². The molecule has 0 fully saturated rings. The monoisotopic (exact) mass is 409 g/mol. The molecule has 6 nitrogen and oxygen atoms in total. The molecule has 0 radical (unpaired) electrons. The zero-order valence-corrected chi connectivity index (χ0v) is 16.4. The molecule has 3 aromatic rings. The molecule has 4 rings (SSSR count). The highest BCUT2D eigenvalue weighted by molar-refractivity contribution is 5.99. The molecule has 1 amide bonds. The van der Waals surface area contributed by atoms with Gasteiger partial charge in [0.1, 0.15) is 23.8 Å². The lowest BCUT2D eigenvalue weighted by molar-refractivity contribution is 0.0663. The largest absolute Gasteiger partial charge is 0.490 e. The summed E-state index contributed by atoms with van der Waals surface area (Å²) in [6.07, 6.45) is 1.63.